The molecule has 0 aliphatic carbocycles. The van der Waals surface area contributed by atoms with Gasteiger partial charge in [-0.05, 0) is 71.9 Å². The number of carbonyl (C=O) groups is 2. The van der Waals surface area contributed by atoms with Gasteiger partial charge in [0, 0.05) is 11.4 Å². The summed E-state index contributed by atoms with van der Waals surface area (Å²) < 4.78 is 14.9. The van der Waals surface area contributed by atoms with Crippen LogP contribution in [0.4, 0.5) is 15.3 Å². The van der Waals surface area contributed by atoms with Crippen molar-refractivity contribution in [1.82, 2.24) is 0 Å². The van der Waals surface area contributed by atoms with Gasteiger partial charge in [0.2, 0.25) is 0 Å². The van der Waals surface area contributed by atoms with Gasteiger partial charge in [-0.2, -0.15) is 0 Å². The highest BCUT2D eigenvalue weighted by Crippen LogP contribution is 2.31. The van der Waals surface area contributed by atoms with Crippen molar-refractivity contribution in [1.29, 1.82) is 0 Å². The zero-order valence-corrected chi connectivity index (χ0v) is 17.4. The number of anilines is 1. The van der Waals surface area contributed by atoms with E-state index in [2.05, 4.69) is 4.36 Å². The van der Waals surface area contributed by atoms with Crippen LogP contribution in [0.25, 0.3) is 0 Å². The van der Waals surface area contributed by atoms with E-state index in [1.807, 2.05) is 66.0 Å². The molecule has 1 aliphatic heterocycles. The van der Waals surface area contributed by atoms with Crippen LogP contribution in [0, 0.1) is 0 Å². The number of nitrogens with zero attached hydrogens (tertiary/aromatic N) is 2. The second-order valence-corrected chi connectivity index (χ2v) is 9.83. The maximum atomic E-state index is 12.4. The molecule has 1 unspecified atom stereocenters. The summed E-state index contributed by atoms with van der Waals surface area (Å²) in [4.78, 5) is 26.9. The zero-order valence-electron chi connectivity index (χ0n) is 16.6. The van der Waals surface area contributed by atoms with Gasteiger partial charge >= 0.3 is 12.2 Å². The van der Waals surface area contributed by atoms with E-state index >= 15 is 0 Å². The third-order valence-corrected chi connectivity index (χ3v) is 4.87. The maximum absolute atomic E-state index is 12.4. The lowest BCUT2D eigenvalue weighted by Crippen LogP contribution is -2.35. The van der Waals surface area contributed by atoms with E-state index in [4.69, 9.17) is 9.47 Å². The Labute approximate surface area is 158 Å². The summed E-state index contributed by atoms with van der Waals surface area (Å²) in [6, 6.07) is 5.86. The molecule has 1 aromatic rings. The SMILES string of the molecule is C/S(=N\C(=O)OC(C)(C)C)c1ccc2c(c1)N(C(=O)OC(C)(C)C)CC2. The number of rotatable bonds is 1. The van der Waals surface area contributed by atoms with Crippen LogP contribution in [0.15, 0.2) is 27.5 Å². The van der Waals surface area contributed by atoms with Gasteiger partial charge in [0.1, 0.15) is 11.2 Å². The molecular weight excluding hydrogens is 352 g/mol. The zero-order chi connectivity index (χ0) is 19.7. The number of carbonyl (C=O) groups excluding carboxylic acids is 2. The Kier molecular flexibility index (Phi) is 5.80. The minimum Gasteiger partial charge on any atom is -0.443 e. The molecule has 144 valence electrons. The smallest absolute Gasteiger partial charge is 0.440 e. The fourth-order valence-electron chi connectivity index (χ4n) is 2.49. The molecule has 6 nitrogen and oxygen atoms in total. The van der Waals surface area contributed by atoms with E-state index in [0.717, 1.165) is 22.6 Å². The molecule has 2 rings (SSSR count). The summed E-state index contributed by atoms with van der Waals surface area (Å²) in [7, 11) is -0.666. The molecule has 1 aliphatic rings. The molecule has 0 saturated heterocycles. The normalized spacial score (nSPS) is 15.6. The van der Waals surface area contributed by atoms with Crippen molar-refractivity contribution in [3.8, 4) is 0 Å². The second kappa shape index (κ2) is 7.39. The fraction of sp³-hybridized carbons (Fsp3) is 0.579. The average molecular weight is 381 g/mol. The minimum absolute atomic E-state index is 0.353. The molecule has 0 spiro atoms. The predicted molar refractivity (Wildman–Crippen MR) is 104 cm³/mol. The first kappa shape index (κ1) is 20.4. The van der Waals surface area contributed by atoms with Crippen LogP contribution in [-0.4, -0.2) is 36.2 Å². The predicted octanol–water partition coefficient (Wildman–Crippen LogP) is 4.71. The first-order chi connectivity index (χ1) is 11.9. The summed E-state index contributed by atoms with van der Waals surface area (Å²) in [6.07, 6.45) is 1.72. The summed E-state index contributed by atoms with van der Waals surface area (Å²) in [5, 5.41) is 0. The van der Waals surface area contributed by atoms with Crippen molar-refractivity contribution in [3.05, 3.63) is 23.8 Å². The van der Waals surface area contributed by atoms with E-state index < -0.39 is 28.0 Å². The maximum Gasteiger partial charge on any atom is 0.440 e. The average Bonchev–Trinajstić information content (AvgIpc) is 2.86. The van der Waals surface area contributed by atoms with Gasteiger partial charge in [-0.3, -0.25) is 4.90 Å². The minimum atomic E-state index is -0.666. The molecule has 0 bridgehead atoms. The van der Waals surface area contributed by atoms with Crippen LogP contribution < -0.4 is 4.90 Å². The number of benzene rings is 1. The van der Waals surface area contributed by atoms with Crippen molar-refractivity contribution in [3.63, 3.8) is 0 Å². The number of fused-ring (bicyclic) bond motifs is 1. The van der Waals surface area contributed by atoms with E-state index in [0.29, 0.717) is 6.54 Å². The summed E-state index contributed by atoms with van der Waals surface area (Å²) >= 11 is 0. The highest BCUT2D eigenvalue weighted by atomic mass is 32.2. The number of amides is 2. The van der Waals surface area contributed by atoms with Crippen LogP contribution in [0.1, 0.15) is 47.1 Å². The number of ether oxygens (including phenoxy) is 2. The van der Waals surface area contributed by atoms with Gasteiger partial charge in [-0.15, -0.1) is 4.36 Å². The highest BCUT2D eigenvalue weighted by molar-refractivity contribution is 7.86. The van der Waals surface area contributed by atoms with E-state index in [-0.39, 0.29) is 6.09 Å². The Hall–Kier alpha value is -1.89. The molecule has 26 heavy (non-hydrogen) atoms. The van der Waals surface area contributed by atoms with Crippen LogP contribution in [0.2, 0.25) is 0 Å². The first-order valence-corrected chi connectivity index (χ1v) is 10.2. The molecule has 1 heterocycles. The summed E-state index contributed by atoms with van der Waals surface area (Å²) in [5.41, 5.74) is 0.804. The van der Waals surface area contributed by atoms with Crippen LogP contribution in [-0.2, 0) is 26.6 Å². The molecule has 0 aromatic heterocycles. The third kappa shape index (κ3) is 5.56. The lowest BCUT2D eigenvalue weighted by atomic mass is 10.2. The molecule has 0 fully saturated rings. The largest absolute Gasteiger partial charge is 0.443 e. The number of hydrogen-bond acceptors (Lipinski definition) is 4. The Bertz CT molecular complexity index is 745. The molecule has 1 aromatic carbocycles. The van der Waals surface area contributed by atoms with Gasteiger partial charge in [-0.25, -0.2) is 9.59 Å². The standard InChI is InChI=1S/C19H28N2O4S/c1-18(2,3)24-16(22)20-26(7)14-9-8-13-10-11-21(15(13)12-14)17(23)25-19(4,5)6/h8-9,12H,10-11H2,1-7H3. The Balaban J connectivity index is 2.23. The molecular formula is C19H28N2O4S. The van der Waals surface area contributed by atoms with Gasteiger partial charge in [-0.1, -0.05) is 16.8 Å². The molecule has 2 amide bonds. The van der Waals surface area contributed by atoms with Crippen LogP contribution >= 0.6 is 0 Å². The fourth-order valence-corrected chi connectivity index (χ4v) is 3.41. The second-order valence-electron chi connectivity index (χ2n) is 8.22. The monoisotopic (exact) mass is 380 g/mol. The van der Waals surface area contributed by atoms with E-state index in [9.17, 15) is 9.59 Å². The van der Waals surface area contributed by atoms with Gasteiger partial charge in [0.15, 0.2) is 0 Å². The molecule has 7 heteroatoms. The van der Waals surface area contributed by atoms with Crippen LogP contribution in [0.5, 0.6) is 0 Å². The van der Waals surface area contributed by atoms with Crippen LogP contribution in [0.3, 0.4) is 0 Å². The summed E-state index contributed by atoms with van der Waals surface area (Å²) in [6.45, 7) is 11.6. The van der Waals surface area contributed by atoms with Crippen molar-refractivity contribution in [2.45, 2.75) is 64.1 Å². The lowest BCUT2D eigenvalue weighted by Gasteiger charge is -2.25. The van der Waals surface area contributed by atoms with Gasteiger partial charge in [0.05, 0.1) is 5.69 Å². The molecule has 1 atom stereocenters. The topological polar surface area (TPSA) is 68.2 Å². The van der Waals surface area contributed by atoms with Crippen molar-refractivity contribution in [2.24, 2.45) is 4.36 Å². The first-order valence-electron chi connectivity index (χ1n) is 8.60. The van der Waals surface area contributed by atoms with Gasteiger partial charge in [0.25, 0.3) is 0 Å². The Morgan fingerprint density at radius 3 is 2.27 bits per heavy atom. The molecule has 0 saturated carbocycles. The third-order valence-electron chi connectivity index (χ3n) is 3.51. The van der Waals surface area contributed by atoms with Crippen molar-refractivity contribution >= 4 is 28.6 Å². The highest BCUT2D eigenvalue weighted by Gasteiger charge is 2.29. The quantitative estimate of drug-likeness (QED) is 0.707. The van der Waals surface area contributed by atoms with Crippen molar-refractivity contribution in [2.75, 3.05) is 17.7 Å². The van der Waals surface area contributed by atoms with Gasteiger partial charge < -0.3 is 9.47 Å². The Morgan fingerprint density at radius 1 is 1.08 bits per heavy atom. The number of hydrogen-bond donors (Lipinski definition) is 0. The molecule has 0 N–H and O–H groups in total. The van der Waals surface area contributed by atoms with E-state index in [1.54, 1.807) is 4.90 Å². The summed E-state index contributed by atoms with van der Waals surface area (Å²) in [5.74, 6) is 0. The van der Waals surface area contributed by atoms with Crippen molar-refractivity contribution < 1.29 is 19.1 Å². The Morgan fingerprint density at radius 2 is 1.69 bits per heavy atom. The lowest BCUT2D eigenvalue weighted by molar-refractivity contribution is 0.0579. The molecule has 0 radical (unpaired) electrons. The van der Waals surface area contributed by atoms with E-state index in [1.165, 1.54) is 0 Å².